The molecule has 1 aromatic heterocycles. The monoisotopic (exact) mass is 730 g/mol. The summed E-state index contributed by atoms with van der Waals surface area (Å²) in [5.74, 6) is -1.64. The Hall–Kier alpha value is -5.49. The number of fused-ring (bicyclic) bond motifs is 1. The Labute approximate surface area is 311 Å². The fraction of sp³-hybridized carbons (Fsp3) is 0.171. The van der Waals surface area contributed by atoms with Crippen LogP contribution in [0.25, 0.3) is 6.08 Å². The molecule has 6 rings (SSSR count). The topological polar surface area (TPSA) is 117 Å². The predicted molar refractivity (Wildman–Crippen MR) is 207 cm³/mol. The van der Waals surface area contributed by atoms with E-state index in [-0.39, 0.29) is 11.6 Å². The Bertz CT molecular complexity index is 2080. The van der Waals surface area contributed by atoms with Crippen molar-refractivity contribution in [2.75, 3.05) is 24.3 Å². The van der Waals surface area contributed by atoms with E-state index in [0.29, 0.717) is 34.8 Å². The highest BCUT2D eigenvalue weighted by Crippen LogP contribution is 2.38. The lowest BCUT2D eigenvalue weighted by Crippen LogP contribution is -2.30. The molecule has 0 bridgehead atoms. The summed E-state index contributed by atoms with van der Waals surface area (Å²) in [6.07, 6.45) is 2.30. The van der Waals surface area contributed by atoms with Gasteiger partial charge in [-0.05, 0) is 66.4 Å². The normalized spacial score (nSPS) is 13.4. The number of rotatable bonds is 12. The van der Waals surface area contributed by atoms with Gasteiger partial charge < -0.3 is 20.7 Å². The average Bonchev–Trinajstić information content (AvgIpc) is 3.52. The van der Waals surface area contributed by atoms with Crippen molar-refractivity contribution >= 4 is 63.6 Å². The number of carbonyl (C=O) groups excluding carboxylic acids is 4. The summed E-state index contributed by atoms with van der Waals surface area (Å²) in [4.78, 5) is 57.1. The van der Waals surface area contributed by atoms with Crippen molar-refractivity contribution in [3.63, 3.8) is 0 Å². The molecule has 11 heteroatoms. The number of ether oxygens (including phenoxy) is 1. The molecular weight excluding hydrogens is 693 g/mol. The van der Waals surface area contributed by atoms with Crippen molar-refractivity contribution in [3.8, 4) is 0 Å². The smallest absolute Gasteiger partial charge is 0.341 e. The Kier molecular flexibility index (Phi) is 12.0. The highest BCUT2D eigenvalue weighted by Gasteiger charge is 2.30. The maximum Gasteiger partial charge on any atom is 0.341 e. The van der Waals surface area contributed by atoms with Gasteiger partial charge in [0, 0.05) is 40.7 Å². The van der Waals surface area contributed by atoms with Crippen molar-refractivity contribution in [3.05, 3.63) is 154 Å². The zero-order chi connectivity index (χ0) is 36.5. The molecule has 5 aromatic rings. The van der Waals surface area contributed by atoms with Gasteiger partial charge in [0.05, 0.1) is 17.9 Å². The molecule has 264 valence electrons. The molecule has 1 aliphatic heterocycles. The number of esters is 1. The summed E-state index contributed by atoms with van der Waals surface area (Å²) in [6, 6.07) is 35.3. The maximum atomic E-state index is 13.5. The van der Waals surface area contributed by atoms with Gasteiger partial charge in [0.1, 0.15) is 10.7 Å². The lowest BCUT2D eigenvalue weighted by atomic mass is 10.0. The summed E-state index contributed by atoms with van der Waals surface area (Å²) >= 11 is 2.74. The maximum absolute atomic E-state index is 13.5. The highest BCUT2D eigenvalue weighted by atomic mass is 32.2. The molecule has 0 saturated carbocycles. The molecule has 0 fully saturated rings. The van der Waals surface area contributed by atoms with Gasteiger partial charge in [0.25, 0.3) is 11.8 Å². The van der Waals surface area contributed by atoms with E-state index in [0.717, 1.165) is 34.0 Å². The number of nitrogens with zero attached hydrogens (tertiary/aromatic N) is 1. The van der Waals surface area contributed by atoms with Crippen LogP contribution in [0.5, 0.6) is 0 Å². The van der Waals surface area contributed by atoms with Gasteiger partial charge >= 0.3 is 5.97 Å². The quantitative estimate of drug-likeness (QED) is 0.0687. The molecule has 1 aliphatic rings. The minimum absolute atomic E-state index is 0.0779. The second-order valence-electron chi connectivity index (χ2n) is 12.2. The lowest BCUT2D eigenvalue weighted by Gasteiger charge is -2.27. The Morgan fingerprint density at radius 3 is 2.29 bits per heavy atom. The molecule has 1 atom stereocenters. The van der Waals surface area contributed by atoms with Gasteiger partial charge in [-0.3, -0.25) is 19.3 Å². The van der Waals surface area contributed by atoms with Crippen LogP contribution < -0.4 is 16.0 Å². The third-order valence-electron chi connectivity index (χ3n) is 8.42. The number of methoxy groups -OCH3 is 1. The van der Waals surface area contributed by atoms with Gasteiger partial charge in [-0.25, -0.2) is 4.79 Å². The fourth-order valence-corrected chi connectivity index (χ4v) is 8.02. The van der Waals surface area contributed by atoms with E-state index < -0.39 is 23.0 Å². The van der Waals surface area contributed by atoms with Gasteiger partial charge in [0.2, 0.25) is 5.91 Å². The molecular formula is C41H38N4O5S2. The summed E-state index contributed by atoms with van der Waals surface area (Å²) in [5, 5.41) is 8.60. The summed E-state index contributed by atoms with van der Waals surface area (Å²) in [6.45, 7) is 4.05. The van der Waals surface area contributed by atoms with Gasteiger partial charge in [0.15, 0.2) is 0 Å². The highest BCUT2D eigenvalue weighted by molar-refractivity contribution is 8.00. The number of thioether (sulfide) groups is 1. The molecule has 3 amide bonds. The Balaban J connectivity index is 1.13. The predicted octanol–water partition coefficient (Wildman–Crippen LogP) is 7.62. The zero-order valence-electron chi connectivity index (χ0n) is 28.8. The van der Waals surface area contributed by atoms with Gasteiger partial charge in [-0.2, -0.15) is 0 Å². The molecule has 1 unspecified atom stereocenters. The fourth-order valence-electron chi connectivity index (χ4n) is 5.81. The number of nitrogens with one attached hydrogen (secondary N) is 3. The third-order valence-corrected chi connectivity index (χ3v) is 10.7. The standard InChI is InChI=1S/C41H38N4O5S2/c1-27(37(46)44-40-36(41(49)50-2)33-21-22-45(26-35(33)52-40)25-29-15-8-4-9-16-29)51-32-20-12-19-31(24-32)42-39(48)34(23-28-13-6-3-7-14-28)43-38(47)30-17-10-5-11-18-30/h3-20,23-24,27H,21-22,25-26H2,1-2H3,(H,42,48)(H,43,47)(H,44,46)/b34-23-. The first-order valence-electron chi connectivity index (χ1n) is 16.8. The van der Waals surface area contributed by atoms with Crippen LogP contribution in [0, 0.1) is 0 Å². The van der Waals surface area contributed by atoms with Crippen LogP contribution in [0.3, 0.4) is 0 Å². The zero-order valence-corrected chi connectivity index (χ0v) is 30.4. The number of hydrogen-bond acceptors (Lipinski definition) is 8. The Morgan fingerprint density at radius 1 is 0.885 bits per heavy atom. The first-order valence-corrected chi connectivity index (χ1v) is 18.5. The summed E-state index contributed by atoms with van der Waals surface area (Å²) in [7, 11) is 1.35. The van der Waals surface area contributed by atoms with Crippen molar-refractivity contribution in [1.82, 2.24) is 10.2 Å². The summed E-state index contributed by atoms with van der Waals surface area (Å²) in [5.41, 5.74) is 4.32. The molecule has 52 heavy (non-hydrogen) atoms. The largest absolute Gasteiger partial charge is 0.465 e. The van der Waals surface area contributed by atoms with Crippen LogP contribution >= 0.6 is 23.1 Å². The molecule has 4 aromatic carbocycles. The Morgan fingerprint density at radius 2 is 1.58 bits per heavy atom. The van der Waals surface area contributed by atoms with E-state index in [2.05, 4.69) is 33.0 Å². The van der Waals surface area contributed by atoms with Gasteiger partial charge in [-0.1, -0.05) is 84.9 Å². The lowest BCUT2D eigenvalue weighted by molar-refractivity contribution is -0.115. The molecule has 0 aliphatic carbocycles. The first-order chi connectivity index (χ1) is 25.3. The van der Waals surface area contributed by atoms with E-state index in [9.17, 15) is 19.2 Å². The summed E-state index contributed by atoms with van der Waals surface area (Å²) < 4.78 is 5.14. The molecule has 0 saturated heterocycles. The van der Waals surface area contributed by atoms with Crippen molar-refractivity contribution in [1.29, 1.82) is 0 Å². The van der Waals surface area contributed by atoms with Crippen LogP contribution in [-0.4, -0.2) is 47.5 Å². The average molecular weight is 731 g/mol. The molecule has 9 nitrogen and oxygen atoms in total. The van der Waals surface area contributed by atoms with Crippen LogP contribution in [0.2, 0.25) is 0 Å². The van der Waals surface area contributed by atoms with Crippen molar-refractivity contribution in [2.24, 2.45) is 0 Å². The number of carbonyl (C=O) groups is 4. The number of thiophene rings is 1. The molecule has 0 radical (unpaired) electrons. The number of hydrogen-bond donors (Lipinski definition) is 3. The second-order valence-corrected chi connectivity index (χ2v) is 14.7. The van der Waals surface area contributed by atoms with Crippen molar-refractivity contribution < 1.29 is 23.9 Å². The van der Waals surface area contributed by atoms with Crippen LogP contribution in [-0.2, 0) is 33.8 Å². The van der Waals surface area contributed by atoms with E-state index in [4.69, 9.17) is 4.74 Å². The van der Waals surface area contributed by atoms with Gasteiger partial charge in [-0.15, -0.1) is 23.1 Å². The van der Waals surface area contributed by atoms with Crippen molar-refractivity contribution in [2.45, 2.75) is 36.6 Å². The minimum Gasteiger partial charge on any atom is -0.465 e. The molecule has 0 spiro atoms. The van der Waals surface area contributed by atoms with Crippen LogP contribution in [0.1, 0.15) is 49.2 Å². The van der Waals surface area contributed by atoms with E-state index in [1.807, 2.05) is 60.7 Å². The van der Waals surface area contributed by atoms with E-state index in [1.54, 1.807) is 55.5 Å². The van der Waals surface area contributed by atoms with Crippen LogP contribution in [0.4, 0.5) is 10.7 Å². The second kappa shape index (κ2) is 17.1. The van der Waals surface area contributed by atoms with Crippen LogP contribution in [0.15, 0.2) is 126 Å². The van der Waals surface area contributed by atoms with E-state index >= 15 is 0 Å². The third kappa shape index (κ3) is 9.24. The molecule has 3 N–H and O–H groups in total. The first kappa shape index (κ1) is 36.3. The minimum atomic E-state index is -0.538. The number of amides is 3. The number of benzene rings is 4. The number of anilines is 2. The van der Waals surface area contributed by atoms with E-state index in [1.165, 1.54) is 35.8 Å². The SMILES string of the molecule is COC(=O)c1c(NC(=O)C(C)Sc2cccc(NC(=O)/C(=C/c3ccccc3)NC(=O)c3ccccc3)c2)sc2c1CCN(Cc1ccccc1)C2. The molecule has 2 heterocycles.